The molecule has 1 N–H and O–H groups in total. The van der Waals surface area contributed by atoms with Crippen LogP contribution in [0.4, 0.5) is 0 Å². The molecule has 112 valence electrons. The van der Waals surface area contributed by atoms with Crippen molar-refractivity contribution in [2.45, 2.75) is 90.4 Å². The molecule has 1 heteroatoms. The highest BCUT2D eigenvalue weighted by atomic mass is 14.8. The highest BCUT2D eigenvalue weighted by Crippen LogP contribution is 2.19. The number of rotatable bonds is 12. The molecule has 0 aliphatic heterocycles. The topological polar surface area (TPSA) is 12.0 Å². The lowest BCUT2D eigenvalue weighted by atomic mass is 9.97. The predicted octanol–water partition coefficient (Wildman–Crippen LogP) is 5.61. The van der Waals surface area contributed by atoms with Crippen LogP contribution in [0.25, 0.3) is 0 Å². The van der Waals surface area contributed by atoms with Crippen LogP contribution in [-0.2, 0) is 0 Å². The van der Waals surface area contributed by atoms with Crippen molar-refractivity contribution in [2.75, 3.05) is 13.1 Å². The molecule has 0 unspecified atom stereocenters. The van der Waals surface area contributed by atoms with Crippen molar-refractivity contribution in [2.24, 2.45) is 0 Å². The summed E-state index contributed by atoms with van der Waals surface area (Å²) >= 11 is 0. The van der Waals surface area contributed by atoms with Crippen molar-refractivity contribution in [1.82, 2.24) is 5.32 Å². The van der Waals surface area contributed by atoms with Gasteiger partial charge in [0.05, 0.1) is 0 Å². The van der Waals surface area contributed by atoms with E-state index in [0.29, 0.717) is 0 Å². The Morgan fingerprint density at radius 3 is 2.32 bits per heavy atom. The molecule has 19 heavy (non-hydrogen) atoms. The summed E-state index contributed by atoms with van der Waals surface area (Å²) in [5.74, 6) is 0. The first-order valence-electron chi connectivity index (χ1n) is 8.82. The summed E-state index contributed by atoms with van der Waals surface area (Å²) in [5.41, 5.74) is 1.70. The van der Waals surface area contributed by atoms with Crippen LogP contribution in [0.1, 0.15) is 90.4 Å². The molecular weight excluding hydrogens is 230 g/mol. The van der Waals surface area contributed by atoms with E-state index in [0.717, 1.165) is 0 Å². The van der Waals surface area contributed by atoms with Crippen LogP contribution < -0.4 is 5.32 Å². The maximum Gasteiger partial charge on any atom is -0.00116 e. The van der Waals surface area contributed by atoms with Crippen LogP contribution in [0.15, 0.2) is 11.6 Å². The zero-order valence-corrected chi connectivity index (χ0v) is 13.2. The smallest absolute Gasteiger partial charge is 0.00116 e. The van der Waals surface area contributed by atoms with Crippen molar-refractivity contribution >= 4 is 0 Å². The Morgan fingerprint density at radius 2 is 1.63 bits per heavy atom. The lowest BCUT2D eigenvalue weighted by Crippen LogP contribution is -2.17. The van der Waals surface area contributed by atoms with Gasteiger partial charge in [-0.3, -0.25) is 0 Å². The van der Waals surface area contributed by atoms with Crippen LogP contribution >= 0.6 is 0 Å². The fourth-order valence-corrected chi connectivity index (χ4v) is 2.89. The van der Waals surface area contributed by atoms with E-state index < -0.39 is 0 Å². The van der Waals surface area contributed by atoms with Crippen molar-refractivity contribution in [3.63, 3.8) is 0 Å². The molecule has 0 atom stereocenters. The molecule has 0 fully saturated rings. The highest BCUT2D eigenvalue weighted by molar-refractivity contribution is 5.05. The molecule has 0 amide bonds. The number of hydrogen-bond donors (Lipinski definition) is 1. The van der Waals surface area contributed by atoms with Gasteiger partial charge in [0.2, 0.25) is 0 Å². The van der Waals surface area contributed by atoms with E-state index in [1.165, 1.54) is 96.6 Å². The Morgan fingerprint density at radius 1 is 0.895 bits per heavy atom. The molecule has 0 aromatic heterocycles. The number of nitrogens with one attached hydrogen (secondary N) is 1. The van der Waals surface area contributed by atoms with Gasteiger partial charge in [0, 0.05) is 0 Å². The second-order valence-electron chi connectivity index (χ2n) is 6.08. The maximum absolute atomic E-state index is 3.60. The number of unbranched alkanes of at least 4 members (excludes halogenated alkanes) is 7. The van der Waals surface area contributed by atoms with Gasteiger partial charge in [0.25, 0.3) is 0 Å². The van der Waals surface area contributed by atoms with E-state index >= 15 is 0 Å². The Labute approximate surface area is 121 Å². The summed E-state index contributed by atoms with van der Waals surface area (Å²) in [6.45, 7) is 4.71. The van der Waals surface area contributed by atoms with E-state index in [2.05, 4.69) is 18.3 Å². The zero-order valence-electron chi connectivity index (χ0n) is 13.2. The minimum Gasteiger partial charge on any atom is -0.316 e. The summed E-state index contributed by atoms with van der Waals surface area (Å²) < 4.78 is 0. The summed E-state index contributed by atoms with van der Waals surface area (Å²) in [5, 5.41) is 3.60. The van der Waals surface area contributed by atoms with Gasteiger partial charge in [-0.05, 0) is 51.6 Å². The Kier molecular flexibility index (Phi) is 11.2. The van der Waals surface area contributed by atoms with Crippen molar-refractivity contribution < 1.29 is 0 Å². The minimum atomic E-state index is 1.20. The third kappa shape index (κ3) is 10.2. The molecule has 0 heterocycles. The molecule has 1 aliphatic rings. The number of allylic oxidation sites excluding steroid dienone is 1. The van der Waals surface area contributed by atoms with Crippen LogP contribution in [-0.4, -0.2) is 13.1 Å². The van der Waals surface area contributed by atoms with Crippen LogP contribution in [0.3, 0.4) is 0 Å². The third-order valence-electron chi connectivity index (χ3n) is 4.22. The van der Waals surface area contributed by atoms with Gasteiger partial charge >= 0.3 is 0 Å². The molecule has 0 saturated heterocycles. The van der Waals surface area contributed by atoms with Gasteiger partial charge in [-0.2, -0.15) is 0 Å². The molecule has 0 aromatic carbocycles. The Bertz CT molecular complexity index is 220. The van der Waals surface area contributed by atoms with E-state index in [1.54, 1.807) is 5.57 Å². The minimum absolute atomic E-state index is 1.20. The first-order valence-corrected chi connectivity index (χ1v) is 8.82. The second kappa shape index (κ2) is 12.7. The largest absolute Gasteiger partial charge is 0.316 e. The normalized spacial score (nSPS) is 15.5. The van der Waals surface area contributed by atoms with Crippen LogP contribution in [0.5, 0.6) is 0 Å². The first-order chi connectivity index (χ1) is 9.43. The zero-order chi connectivity index (χ0) is 13.6. The molecular formula is C18H35N. The molecule has 0 bridgehead atoms. The quantitative estimate of drug-likeness (QED) is 0.357. The fourth-order valence-electron chi connectivity index (χ4n) is 2.89. The number of hydrogen-bond acceptors (Lipinski definition) is 1. The van der Waals surface area contributed by atoms with Crippen molar-refractivity contribution in [1.29, 1.82) is 0 Å². The molecule has 0 radical (unpaired) electrons. The molecule has 0 aromatic rings. The molecule has 0 saturated carbocycles. The van der Waals surface area contributed by atoms with Crippen molar-refractivity contribution in [3.8, 4) is 0 Å². The summed E-state index contributed by atoms with van der Waals surface area (Å²) in [6.07, 6.45) is 20.7. The summed E-state index contributed by atoms with van der Waals surface area (Å²) in [6, 6.07) is 0. The predicted molar refractivity (Wildman–Crippen MR) is 86.6 cm³/mol. The van der Waals surface area contributed by atoms with Gasteiger partial charge in [-0.1, -0.05) is 63.5 Å². The van der Waals surface area contributed by atoms with Gasteiger partial charge < -0.3 is 5.32 Å². The van der Waals surface area contributed by atoms with Gasteiger partial charge in [-0.15, -0.1) is 0 Å². The average Bonchev–Trinajstić information content (AvgIpc) is 2.46. The lowest BCUT2D eigenvalue weighted by molar-refractivity contribution is 0.552. The standard InChI is InChI=1S/C18H35N/c1-2-3-4-5-6-7-8-12-16-19-17-15-18-13-10-9-11-14-18/h13,19H,2-12,14-17H2,1H3. The molecule has 1 rings (SSSR count). The van der Waals surface area contributed by atoms with E-state index in [4.69, 9.17) is 0 Å². The first kappa shape index (κ1) is 16.8. The van der Waals surface area contributed by atoms with Crippen LogP contribution in [0.2, 0.25) is 0 Å². The lowest BCUT2D eigenvalue weighted by Gasteiger charge is -2.12. The van der Waals surface area contributed by atoms with E-state index in [1.807, 2.05) is 0 Å². The Hall–Kier alpha value is -0.300. The van der Waals surface area contributed by atoms with E-state index in [-0.39, 0.29) is 0 Å². The Balaban J connectivity index is 1.75. The van der Waals surface area contributed by atoms with Crippen LogP contribution in [0, 0.1) is 0 Å². The highest BCUT2D eigenvalue weighted by Gasteiger charge is 2.02. The molecule has 1 aliphatic carbocycles. The summed E-state index contributed by atoms with van der Waals surface area (Å²) in [4.78, 5) is 0. The average molecular weight is 265 g/mol. The maximum atomic E-state index is 3.60. The van der Waals surface area contributed by atoms with Gasteiger partial charge in [0.1, 0.15) is 0 Å². The van der Waals surface area contributed by atoms with E-state index in [9.17, 15) is 0 Å². The second-order valence-corrected chi connectivity index (χ2v) is 6.08. The monoisotopic (exact) mass is 265 g/mol. The SMILES string of the molecule is CCCCCCCCCCNCCC1=CCCCC1. The molecule has 1 nitrogen and oxygen atoms in total. The van der Waals surface area contributed by atoms with Gasteiger partial charge in [-0.25, -0.2) is 0 Å². The van der Waals surface area contributed by atoms with Gasteiger partial charge in [0.15, 0.2) is 0 Å². The molecule has 0 spiro atoms. The third-order valence-corrected chi connectivity index (χ3v) is 4.22. The summed E-state index contributed by atoms with van der Waals surface area (Å²) in [7, 11) is 0. The fraction of sp³-hybridized carbons (Fsp3) is 0.889. The van der Waals surface area contributed by atoms with Crippen molar-refractivity contribution in [3.05, 3.63) is 11.6 Å².